The van der Waals surface area contributed by atoms with Gasteiger partial charge in [-0.15, -0.1) is 0 Å². The van der Waals surface area contributed by atoms with E-state index in [0.717, 1.165) is 13.1 Å². The van der Waals surface area contributed by atoms with E-state index in [-0.39, 0.29) is 22.2 Å². The number of hydrogen-bond donors (Lipinski definition) is 0. The Labute approximate surface area is 268 Å². The minimum absolute atomic E-state index is 0.0431. The van der Waals surface area contributed by atoms with Crippen molar-refractivity contribution in [2.24, 2.45) is 0 Å². The van der Waals surface area contributed by atoms with Crippen LogP contribution < -0.4 is 0 Å². The zero-order chi connectivity index (χ0) is 28.4. The maximum absolute atomic E-state index is 3.87. The van der Waals surface area contributed by atoms with Gasteiger partial charge in [0.05, 0.1) is 22.2 Å². The third kappa shape index (κ3) is 3.48. The molecule has 0 unspecified atom stereocenters. The molecule has 0 fully saturated rings. The van der Waals surface area contributed by atoms with Gasteiger partial charge in [0.1, 0.15) is 0 Å². The fourth-order valence-electron chi connectivity index (χ4n) is 8.87. The van der Waals surface area contributed by atoms with Crippen molar-refractivity contribution in [1.82, 2.24) is 9.80 Å². The fraction of sp³-hybridized carbons (Fsp3) is 0.515. The molecule has 0 spiro atoms. The van der Waals surface area contributed by atoms with Crippen LogP contribution in [0.1, 0.15) is 91.5 Å². The maximum Gasteiger partial charge on any atom is 0.0634 e. The van der Waals surface area contributed by atoms with Gasteiger partial charge >= 0.3 is 0 Å². The summed E-state index contributed by atoms with van der Waals surface area (Å²) in [4.78, 5) is 5.51. The van der Waals surface area contributed by atoms with E-state index in [2.05, 4.69) is 153 Å². The number of hydrogen-bond acceptors (Lipinski definition) is 2. The lowest BCUT2D eigenvalue weighted by molar-refractivity contribution is 0.0875. The van der Waals surface area contributed by atoms with Crippen molar-refractivity contribution < 1.29 is 0 Å². The molecule has 6 heteroatoms. The van der Waals surface area contributed by atoms with Crippen molar-refractivity contribution in [2.75, 3.05) is 13.1 Å². The normalized spacial score (nSPS) is 32.1. The molecule has 0 amide bonds. The van der Waals surface area contributed by atoms with Crippen LogP contribution in [0.25, 0.3) is 0 Å². The number of rotatable bonds is 6. The van der Waals surface area contributed by atoms with Gasteiger partial charge in [-0.05, 0) is 176 Å². The first-order valence-corrected chi connectivity index (χ1v) is 17.3. The van der Waals surface area contributed by atoms with Crippen LogP contribution in [0, 0.1) is 27.7 Å². The molecule has 0 aromatic heterocycles. The van der Waals surface area contributed by atoms with Crippen LogP contribution in [-0.4, -0.2) is 22.9 Å². The van der Waals surface area contributed by atoms with Crippen molar-refractivity contribution in [3.8, 4) is 0 Å². The smallest absolute Gasteiger partial charge is 0.0634 e. The van der Waals surface area contributed by atoms with E-state index < -0.39 is 0 Å². The summed E-state index contributed by atoms with van der Waals surface area (Å²) in [6.45, 7) is 21.0. The zero-order valence-electron chi connectivity index (χ0n) is 24.3. The van der Waals surface area contributed by atoms with Crippen LogP contribution in [0.2, 0.25) is 0 Å². The van der Waals surface area contributed by atoms with Crippen molar-refractivity contribution in [2.45, 2.75) is 96.8 Å². The standard InChI is InChI=1S/C33H38Br4N2/c1-18-22-23(19(2)27(35)26(18)34)31(6)13-12-30(22,5)38(31)16-10-9-11-17-39-32(7)14-15-33(39,8)25-21(4)29(37)28(36)20(3)24(25)32/h12-15H,9-11,16-17H2,1-8H3/t30-,31-,32-,33+/m1/s1. The predicted molar refractivity (Wildman–Crippen MR) is 178 cm³/mol. The highest BCUT2D eigenvalue weighted by Gasteiger charge is 2.58. The summed E-state index contributed by atoms with van der Waals surface area (Å²) in [5.41, 5.74) is 11.3. The highest BCUT2D eigenvalue weighted by molar-refractivity contribution is 9.13. The van der Waals surface area contributed by atoms with E-state index in [1.165, 1.54) is 81.7 Å². The molecule has 4 bridgehead atoms. The van der Waals surface area contributed by atoms with Gasteiger partial charge in [0.25, 0.3) is 0 Å². The van der Waals surface area contributed by atoms with Crippen molar-refractivity contribution >= 4 is 63.7 Å². The molecule has 4 heterocycles. The van der Waals surface area contributed by atoms with Crippen molar-refractivity contribution in [3.05, 3.63) is 86.7 Å². The SMILES string of the molecule is Cc1c(Br)c(Br)c(C)c2c1[C@]1(C)C=C[C@@]2(C)N1CCCCCN1[C@]2(C)C=C[C@]1(C)c1c(C)c(Br)c(Br)c(C)c12. The summed E-state index contributed by atoms with van der Waals surface area (Å²) in [7, 11) is 0. The van der Waals surface area contributed by atoms with E-state index in [4.69, 9.17) is 0 Å². The van der Waals surface area contributed by atoms with Gasteiger partial charge in [0.2, 0.25) is 0 Å². The largest absolute Gasteiger partial charge is 0.277 e. The Kier molecular flexibility index (Phi) is 6.76. The second-order valence-electron chi connectivity index (χ2n) is 12.9. The second kappa shape index (κ2) is 9.13. The third-order valence-electron chi connectivity index (χ3n) is 10.7. The summed E-state index contributed by atoms with van der Waals surface area (Å²) in [5, 5.41) is 0. The molecule has 0 radical (unpaired) electrons. The van der Waals surface area contributed by atoms with Gasteiger partial charge in [-0.1, -0.05) is 30.7 Å². The molecule has 4 aliphatic heterocycles. The molecule has 0 N–H and O–H groups in total. The molecular weight excluding hydrogens is 744 g/mol. The average molecular weight is 782 g/mol. The van der Waals surface area contributed by atoms with Gasteiger partial charge in [-0.25, -0.2) is 0 Å². The first-order valence-electron chi connectivity index (χ1n) is 14.1. The van der Waals surface area contributed by atoms with E-state index >= 15 is 0 Å². The molecule has 6 rings (SSSR count). The van der Waals surface area contributed by atoms with Crippen LogP contribution in [0.4, 0.5) is 0 Å². The van der Waals surface area contributed by atoms with E-state index in [1.807, 2.05) is 0 Å². The summed E-state index contributed by atoms with van der Waals surface area (Å²) < 4.78 is 4.80. The summed E-state index contributed by atoms with van der Waals surface area (Å²) >= 11 is 15.5. The Morgan fingerprint density at radius 3 is 0.923 bits per heavy atom. The fourth-order valence-corrected chi connectivity index (χ4v) is 10.9. The quantitative estimate of drug-likeness (QED) is 0.213. The molecule has 2 nitrogen and oxygen atoms in total. The molecule has 2 aromatic rings. The van der Waals surface area contributed by atoms with Crippen molar-refractivity contribution in [3.63, 3.8) is 0 Å². The van der Waals surface area contributed by atoms with Crippen molar-refractivity contribution in [1.29, 1.82) is 0 Å². The molecule has 0 aliphatic carbocycles. The maximum atomic E-state index is 3.87. The molecule has 208 valence electrons. The number of halogens is 4. The Balaban J connectivity index is 1.18. The van der Waals surface area contributed by atoms with E-state index in [0.29, 0.717) is 0 Å². The Morgan fingerprint density at radius 2 is 0.692 bits per heavy atom. The Hall–Kier alpha value is -0.240. The third-order valence-corrected chi connectivity index (χ3v) is 15.7. The number of unbranched alkanes of at least 4 members (excludes halogenated alkanes) is 2. The number of nitrogens with zero attached hydrogens (tertiary/aromatic N) is 2. The van der Waals surface area contributed by atoms with Crippen LogP contribution in [0.5, 0.6) is 0 Å². The van der Waals surface area contributed by atoms with Gasteiger partial charge in [0, 0.05) is 31.0 Å². The highest BCUT2D eigenvalue weighted by atomic mass is 79.9. The minimum Gasteiger partial charge on any atom is -0.277 e. The monoisotopic (exact) mass is 778 g/mol. The van der Waals surface area contributed by atoms with Crippen LogP contribution in [-0.2, 0) is 22.2 Å². The predicted octanol–water partition coefficient (Wildman–Crippen LogP) is 10.5. The average Bonchev–Trinajstić information content (AvgIpc) is 3.45. The summed E-state index contributed by atoms with van der Waals surface area (Å²) in [6, 6.07) is 0. The van der Waals surface area contributed by atoms with E-state index in [9.17, 15) is 0 Å². The Bertz CT molecular complexity index is 1290. The molecule has 0 saturated heterocycles. The van der Waals surface area contributed by atoms with Gasteiger partial charge < -0.3 is 0 Å². The second-order valence-corrected chi connectivity index (χ2v) is 16.0. The lowest BCUT2D eigenvalue weighted by Gasteiger charge is -2.38. The number of benzene rings is 2. The van der Waals surface area contributed by atoms with Crippen LogP contribution in [0.15, 0.2) is 42.2 Å². The molecule has 4 atom stereocenters. The highest BCUT2D eigenvalue weighted by Crippen LogP contribution is 2.61. The molecule has 0 saturated carbocycles. The minimum atomic E-state index is -0.0431. The van der Waals surface area contributed by atoms with E-state index in [1.54, 1.807) is 0 Å². The summed E-state index contributed by atoms with van der Waals surface area (Å²) in [6.07, 6.45) is 13.5. The molecule has 39 heavy (non-hydrogen) atoms. The van der Waals surface area contributed by atoms with Gasteiger partial charge in [-0.2, -0.15) is 0 Å². The molecule has 2 aromatic carbocycles. The topological polar surface area (TPSA) is 6.48 Å². The molecule has 4 aliphatic rings. The first-order chi connectivity index (χ1) is 18.2. The lowest BCUT2D eigenvalue weighted by atomic mass is 9.79. The summed E-state index contributed by atoms with van der Waals surface area (Å²) in [5.74, 6) is 0. The first kappa shape index (κ1) is 28.9. The van der Waals surface area contributed by atoms with Gasteiger partial charge in [-0.3, -0.25) is 9.80 Å². The van der Waals surface area contributed by atoms with Crippen LogP contribution >= 0.6 is 63.7 Å². The molecular formula is C33H38Br4N2. The number of fused-ring (bicyclic) bond motifs is 10. The zero-order valence-corrected chi connectivity index (χ0v) is 30.6. The lowest BCUT2D eigenvalue weighted by Crippen LogP contribution is -2.43. The van der Waals surface area contributed by atoms with Gasteiger partial charge in [0.15, 0.2) is 0 Å². The van der Waals surface area contributed by atoms with Crippen LogP contribution in [0.3, 0.4) is 0 Å². The Morgan fingerprint density at radius 1 is 0.462 bits per heavy atom.